The summed E-state index contributed by atoms with van der Waals surface area (Å²) >= 11 is 0. The van der Waals surface area contributed by atoms with Gasteiger partial charge in [0.2, 0.25) is 0 Å². The Morgan fingerprint density at radius 1 is 1.33 bits per heavy atom. The number of aliphatic hydroxyl groups is 1. The average molecular weight is 288 g/mol. The molecule has 0 aliphatic heterocycles. The molecule has 1 heterocycles. The Labute approximate surface area is 123 Å². The van der Waals surface area contributed by atoms with Crippen molar-refractivity contribution in [3.63, 3.8) is 0 Å². The van der Waals surface area contributed by atoms with Crippen molar-refractivity contribution in [2.75, 3.05) is 0 Å². The number of carbonyl (C=O) groups is 1. The molecule has 0 bridgehead atoms. The lowest BCUT2D eigenvalue weighted by Crippen LogP contribution is -2.15. The summed E-state index contributed by atoms with van der Waals surface area (Å²) in [7, 11) is 0. The van der Waals surface area contributed by atoms with Crippen LogP contribution in [0.3, 0.4) is 0 Å². The molecule has 0 saturated carbocycles. The first-order chi connectivity index (χ1) is 9.86. The lowest BCUT2D eigenvalue weighted by Gasteiger charge is -2.23. The third-order valence-corrected chi connectivity index (χ3v) is 4.04. The van der Waals surface area contributed by atoms with E-state index in [1.165, 1.54) is 11.9 Å². The number of aliphatic hydroxyl groups excluding tert-OH is 1. The van der Waals surface area contributed by atoms with Crippen LogP contribution in [0.5, 0.6) is 0 Å². The molecule has 5 nitrogen and oxygen atoms in total. The van der Waals surface area contributed by atoms with Gasteiger partial charge in [0.25, 0.3) is 0 Å². The average Bonchev–Trinajstić information content (AvgIpc) is 2.96. The second-order valence-corrected chi connectivity index (χ2v) is 5.73. The summed E-state index contributed by atoms with van der Waals surface area (Å²) in [5.74, 6) is -1.16. The van der Waals surface area contributed by atoms with Gasteiger partial charge in [0.15, 0.2) is 5.69 Å². The Kier molecular flexibility index (Phi) is 4.14. The molecule has 21 heavy (non-hydrogen) atoms. The highest BCUT2D eigenvalue weighted by atomic mass is 16.4. The minimum Gasteiger partial charge on any atom is -0.476 e. The van der Waals surface area contributed by atoms with Gasteiger partial charge in [-0.1, -0.05) is 45.0 Å². The van der Waals surface area contributed by atoms with E-state index >= 15 is 0 Å². The standard InChI is InChI=1S/C16H20N2O3/c1-4-16(2,3)11-7-5-10(6-8-11)14(19)12-13(15(20)21)18-9-17-12/h5-9,14,19H,4H2,1-3H3,(H,17,18)(H,20,21). The molecule has 0 radical (unpaired) electrons. The van der Waals surface area contributed by atoms with E-state index in [1.54, 1.807) is 0 Å². The zero-order valence-electron chi connectivity index (χ0n) is 12.4. The molecule has 0 fully saturated rings. The number of hydrogen-bond donors (Lipinski definition) is 3. The zero-order chi connectivity index (χ0) is 15.6. The van der Waals surface area contributed by atoms with E-state index in [-0.39, 0.29) is 16.8 Å². The molecule has 0 aliphatic rings. The molecule has 0 amide bonds. The summed E-state index contributed by atoms with van der Waals surface area (Å²) in [6.45, 7) is 6.46. The van der Waals surface area contributed by atoms with Crippen molar-refractivity contribution in [3.8, 4) is 0 Å². The van der Waals surface area contributed by atoms with Gasteiger partial charge in [0.1, 0.15) is 6.10 Å². The Bertz CT molecular complexity index is 629. The quantitative estimate of drug-likeness (QED) is 0.789. The van der Waals surface area contributed by atoms with E-state index < -0.39 is 12.1 Å². The molecule has 0 aliphatic carbocycles. The van der Waals surface area contributed by atoms with Crippen LogP contribution in [-0.4, -0.2) is 26.2 Å². The number of nitrogens with zero attached hydrogens (tertiary/aromatic N) is 1. The summed E-state index contributed by atoms with van der Waals surface area (Å²) in [6, 6.07) is 7.59. The van der Waals surface area contributed by atoms with Crippen molar-refractivity contribution in [2.24, 2.45) is 0 Å². The number of hydrogen-bond acceptors (Lipinski definition) is 3. The van der Waals surface area contributed by atoms with Gasteiger partial charge in [-0.05, 0) is 23.0 Å². The summed E-state index contributed by atoms with van der Waals surface area (Å²) in [5.41, 5.74) is 1.94. The second-order valence-electron chi connectivity index (χ2n) is 5.73. The highest BCUT2D eigenvalue weighted by Crippen LogP contribution is 2.29. The highest BCUT2D eigenvalue weighted by Gasteiger charge is 2.22. The van der Waals surface area contributed by atoms with E-state index in [2.05, 4.69) is 30.7 Å². The van der Waals surface area contributed by atoms with Crippen LogP contribution in [0.25, 0.3) is 0 Å². The predicted molar refractivity (Wildman–Crippen MR) is 79.4 cm³/mol. The molecular weight excluding hydrogens is 268 g/mol. The summed E-state index contributed by atoms with van der Waals surface area (Å²) < 4.78 is 0. The molecule has 0 spiro atoms. The number of aromatic nitrogens is 2. The van der Waals surface area contributed by atoms with Crippen molar-refractivity contribution in [2.45, 2.75) is 38.7 Å². The fraction of sp³-hybridized carbons (Fsp3) is 0.375. The second kappa shape index (κ2) is 5.69. The van der Waals surface area contributed by atoms with Gasteiger partial charge in [-0.2, -0.15) is 0 Å². The lowest BCUT2D eigenvalue weighted by molar-refractivity contribution is 0.0685. The van der Waals surface area contributed by atoms with Gasteiger partial charge in [0.05, 0.1) is 12.0 Å². The first-order valence-electron chi connectivity index (χ1n) is 6.92. The Balaban J connectivity index is 2.30. The number of imidazole rings is 1. The van der Waals surface area contributed by atoms with Crippen LogP contribution in [0.1, 0.15) is 60.6 Å². The number of nitrogens with one attached hydrogen (secondary N) is 1. The van der Waals surface area contributed by atoms with E-state index in [1.807, 2.05) is 24.3 Å². The topological polar surface area (TPSA) is 86.2 Å². The Hall–Kier alpha value is -2.14. The molecule has 2 rings (SSSR count). The number of rotatable bonds is 5. The summed E-state index contributed by atoms with van der Waals surface area (Å²) in [6.07, 6.45) is 1.26. The molecule has 2 aromatic rings. The fourth-order valence-electron chi connectivity index (χ4n) is 2.17. The molecule has 112 valence electrons. The largest absolute Gasteiger partial charge is 0.476 e. The SMILES string of the molecule is CCC(C)(C)c1ccc(C(O)c2[nH]cnc2C(=O)O)cc1. The fourth-order valence-corrected chi connectivity index (χ4v) is 2.17. The van der Waals surface area contributed by atoms with E-state index in [0.29, 0.717) is 5.56 Å². The number of carboxylic acids is 1. The van der Waals surface area contributed by atoms with E-state index in [0.717, 1.165) is 6.42 Å². The van der Waals surface area contributed by atoms with Crippen LogP contribution in [-0.2, 0) is 5.41 Å². The number of aromatic carboxylic acids is 1. The van der Waals surface area contributed by atoms with Crippen LogP contribution in [0, 0.1) is 0 Å². The number of benzene rings is 1. The maximum atomic E-state index is 11.0. The molecule has 1 atom stereocenters. The maximum absolute atomic E-state index is 11.0. The first-order valence-corrected chi connectivity index (χ1v) is 6.92. The van der Waals surface area contributed by atoms with Gasteiger partial charge in [0, 0.05) is 0 Å². The summed E-state index contributed by atoms with van der Waals surface area (Å²) in [5, 5.41) is 19.4. The van der Waals surface area contributed by atoms with E-state index in [9.17, 15) is 9.90 Å². The minimum absolute atomic E-state index is 0.0731. The monoisotopic (exact) mass is 288 g/mol. The molecule has 0 saturated heterocycles. The first kappa shape index (κ1) is 15.3. The van der Waals surface area contributed by atoms with Crippen LogP contribution in [0.2, 0.25) is 0 Å². The van der Waals surface area contributed by atoms with Crippen molar-refractivity contribution < 1.29 is 15.0 Å². The van der Waals surface area contributed by atoms with Crippen LogP contribution < -0.4 is 0 Å². The smallest absolute Gasteiger partial charge is 0.356 e. The lowest BCUT2D eigenvalue weighted by atomic mass is 9.82. The molecule has 3 N–H and O–H groups in total. The molecular formula is C16H20N2O3. The maximum Gasteiger partial charge on any atom is 0.356 e. The van der Waals surface area contributed by atoms with Gasteiger partial charge >= 0.3 is 5.97 Å². The Morgan fingerprint density at radius 2 is 1.95 bits per heavy atom. The molecule has 5 heteroatoms. The van der Waals surface area contributed by atoms with Gasteiger partial charge in [-0.3, -0.25) is 0 Å². The zero-order valence-corrected chi connectivity index (χ0v) is 12.4. The van der Waals surface area contributed by atoms with Crippen LogP contribution >= 0.6 is 0 Å². The van der Waals surface area contributed by atoms with Gasteiger partial charge < -0.3 is 15.2 Å². The number of H-pyrrole nitrogens is 1. The van der Waals surface area contributed by atoms with Crippen molar-refractivity contribution in [3.05, 3.63) is 53.1 Å². The van der Waals surface area contributed by atoms with Gasteiger partial charge in [-0.15, -0.1) is 0 Å². The van der Waals surface area contributed by atoms with Crippen LogP contribution in [0.15, 0.2) is 30.6 Å². The molecule has 1 aromatic carbocycles. The predicted octanol–water partition coefficient (Wildman–Crippen LogP) is 2.88. The normalized spacial score (nSPS) is 13.1. The molecule has 1 unspecified atom stereocenters. The third kappa shape index (κ3) is 2.97. The highest BCUT2D eigenvalue weighted by molar-refractivity contribution is 5.86. The minimum atomic E-state index is -1.16. The number of aromatic amines is 1. The van der Waals surface area contributed by atoms with Crippen molar-refractivity contribution in [1.29, 1.82) is 0 Å². The summed E-state index contributed by atoms with van der Waals surface area (Å²) in [4.78, 5) is 17.5. The van der Waals surface area contributed by atoms with Crippen molar-refractivity contribution >= 4 is 5.97 Å². The third-order valence-electron chi connectivity index (χ3n) is 4.04. The van der Waals surface area contributed by atoms with Crippen LogP contribution in [0.4, 0.5) is 0 Å². The molecule has 1 aromatic heterocycles. The number of carboxylic acid groups (broad SMARTS) is 1. The Morgan fingerprint density at radius 3 is 2.48 bits per heavy atom. The van der Waals surface area contributed by atoms with Crippen molar-refractivity contribution in [1.82, 2.24) is 9.97 Å². The van der Waals surface area contributed by atoms with Gasteiger partial charge in [-0.25, -0.2) is 9.78 Å². The van der Waals surface area contributed by atoms with E-state index in [4.69, 9.17) is 5.11 Å².